The van der Waals surface area contributed by atoms with Crippen molar-refractivity contribution in [3.05, 3.63) is 40.1 Å². The summed E-state index contributed by atoms with van der Waals surface area (Å²) in [4.78, 5) is 12.6. The second-order valence-electron chi connectivity index (χ2n) is 4.51. The van der Waals surface area contributed by atoms with Crippen LogP contribution in [0.3, 0.4) is 0 Å². The Morgan fingerprint density at radius 1 is 1.18 bits per heavy atom. The highest BCUT2D eigenvalue weighted by molar-refractivity contribution is 7.12. The topological polar surface area (TPSA) is 56.8 Å². The van der Waals surface area contributed by atoms with E-state index in [0.717, 1.165) is 5.56 Å². The van der Waals surface area contributed by atoms with Gasteiger partial charge in [0.2, 0.25) is 0 Å². The summed E-state index contributed by atoms with van der Waals surface area (Å²) in [6, 6.07) is 7.32. The molecule has 1 heterocycles. The van der Waals surface area contributed by atoms with Gasteiger partial charge in [0.25, 0.3) is 5.91 Å². The standard InChI is InChI=1S/C16H19NO4S/c1-19-12-9-11(15(21-3)13(10-12)20-2)6-7-17-16(18)14-5-4-8-22-14/h4-5,8-10H,6-7H2,1-3H3,(H,17,18). The molecule has 0 aliphatic heterocycles. The summed E-state index contributed by atoms with van der Waals surface area (Å²) in [6.07, 6.45) is 0.619. The Morgan fingerprint density at radius 2 is 2.00 bits per heavy atom. The maximum Gasteiger partial charge on any atom is 0.261 e. The average Bonchev–Trinajstić information content (AvgIpc) is 3.08. The molecule has 22 heavy (non-hydrogen) atoms. The van der Waals surface area contributed by atoms with Crippen molar-refractivity contribution in [2.45, 2.75) is 6.42 Å². The Hall–Kier alpha value is -2.21. The van der Waals surface area contributed by atoms with E-state index < -0.39 is 0 Å². The van der Waals surface area contributed by atoms with Crippen LogP contribution in [0.15, 0.2) is 29.6 Å². The molecule has 6 heteroatoms. The monoisotopic (exact) mass is 321 g/mol. The predicted octanol–water partition coefficient (Wildman–Crippen LogP) is 2.75. The lowest BCUT2D eigenvalue weighted by Crippen LogP contribution is -2.25. The van der Waals surface area contributed by atoms with E-state index in [1.165, 1.54) is 11.3 Å². The number of hydrogen-bond donors (Lipinski definition) is 1. The fourth-order valence-corrected chi connectivity index (χ4v) is 2.76. The maximum absolute atomic E-state index is 11.9. The Bertz CT molecular complexity index is 625. The molecule has 5 nitrogen and oxygen atoms in total. The second-order valence-corrected chi connectivity index (χ2v) is 5.45. The van der Waals surface area contributed by atoms with Crippen LogP contribution < -0.4 is 19.5 Å². The van der Waals surface area contributed by atoms with Crippen LogP contribution in [-0.2, 0) is 6.42 Å². The number of amides is 1. The third-order valence-electron chi connectivity index (χ3n) is 3.19. The summed E-state index contributed by atoms with van der Waals surface area (Å²) in [7, 11) is 4.78. The van der Waals surface area contributed by atoms with Crippen molar-refractivity contribution in [1.82, 2.24) is 5.32 Å². The van der Waals surface area contributed by atoms with Crippen LogP contribution in [0.2, 0.25) is 0 Å². The third kappa shape index (κ3) is 3.71. The van der Waals surface area contributed by atoms with E-state index in [1.54, 1.807) is 33.5 Å². The minimum absolute atomic E-state index is 0.0659. The third-order valence-corrected chi connectivity index (χ3v) is 4.06. The summed E-state index contributed by atoms with van der Waals surface area (Å²) in [5, 5.41) is 4.77. The minimum atomic E-state index is -0.0659. The van der Waals surface area contributed by atoms with E-state index in [-0.39, 0.29) is 5.91 Å². The Labute approximate surface area is 133 Å². The Balaban J connectivity index is 2.06. The molecule has 0 bridgehead atoms. The lowest BCUT2D eigenvalue weighted by molar-refractivity contribution is 0.0958. The van der Waals surface area contributed by atoms with Crippen LogP contribution in [0.25, 0.3) is 0 Å². The molecule has 1 N–H and O–H groups in total. The van der Waals surface area contributed by atoms with Gasteiger partial charge in [-0.25, -0.2) is 0 Å². The van der Waals surface area contributed by atoms with Gasteiger partial charge in [0, 0.05) is 18.2 Å². The molecule has 1 aromatic heterocycles. The van der Waals surface area contributed by atoms with Crippen molar-refractivity contribution in [1.29, 1.82) is 0 Å². The predicted molar refractivity (Wildman–Crippen MR) is 86.5 cm³/mol. The summed E-state index contributed by atoms with van der Waals surface area (Å²) in [6.45, 7) is 0.503. The summed E-state index contributed by atoms with van der Waals surface area (Å²) < 4.78 is 16.0. The molecule has 2 aromatic rings. The van der Waals surface area contributed by atoms with Crippen molar-refractivity contribution in [2.75, 3.05) is 27.9 Å². The van der Waals surface area contributed by atoms with Gasteiger partial charge in [-0.05, 0) is 23.9 Å². The number of nitrogens with one attached hydrogen (secondary N) is 1. The fraction of sp³-hybridized carbons (Fsp3) is 0.312. The highest BCUT2D eigenvalue weighted by Gasteiger charge is 2.13. The van der Waals surface area contributed by atoms with E-state index in [4.69, 9.17) is 14.2 Å². The van der Waals surface area contributed by atoms with Gasteiger partial charge in [-0.2, -0.15) is 0 Å². The van der Waals surface area contributed by atoms with Gasteiger partial charge in [0.1, 0.15) is 5.75 Å². The molecule has 1 amide bonds. The summed E-state index contributed by atoms with van der Waals surface area (Å²) >= 11 is 1.42. The SMILES string of the molecule is COc1cc(CCNC(=O)c2cccs2)c(OC)c(OC)c1. The number of ether oxygens (including phenoxy) is 3. The van der Waals surface area contributed by atoms with Gasteiger partial charge >= 0.3 is 0 Å². The van der Waals surface area contributed by atoms with E-state index in [2.05, 4.69) is 5.32 Å². The normalized spacial score (nSPS) is 10.1. The maximum atomic E-state index is 11.9. The number of hydrogen-bond acceptors (Lipinski definition) is 5. The molecule has 0 spiro atoms. The smallest absolute Gasteiger partial charge is 0.261 e. The number of benzene rings is 1. The first-order valence-electron chi connectivity index (χ1n) is 6.80. The van der Waals surface area contributed by atoms with Gasteiger partial charge < -0.3 is 19.5 Å². The highest BCUT2D eigenvalue weighted by atomic mass is 32.1. The van der Waals surface area contributed by atoms with Gasteiger partial charge in [0.05, 0.1) is 26.2 Å². The highest BCUT2D eigenvalue weighted by Crippen LogP contribution is 2.35. The molecule has 0 fully saturated rings. The van der Waals surface area contributed by atoms with Crippen molar-refractivity contribution in [2.24, 2.45) is 0 Å². The zero-order valence-electron chi connectivity index (χ0n) is 12.8. The molecule has 0 unspecified atom stereocenters. The molecule has 0 saturated heterocycles. The van der Waals surface area contributed by atoms with Crippen molar-refractivity contribution >= 4 is 17.2 Å². The number of thiophene rings is 1. The molecular formula is C16H19NO4S. The fourth-order valence-electron chi connectivity index (χ4n) is 2.12. The van der Waals surface area contributed by atoms with Crippen LogP contribution in [-0.4, -0.2) is 33.8 Å². The van der Waals surface area contributed by atoms with E-state index >= 15 is 0 Å². The summed E-state index contributed by atoms with van der Waals surface area (Å²) in [5.41, 5.74) is 0.921. The van der Waals surface area contributed by atoms with E-state index in [1.807, 2.05) is 17.5 Å². The van der Waals surface area contributed by atoms with Gasteiger partial charge in [-0.3, -0.25) is 4.79 Å². The molecule has 0 aliphatic carbocycles. The van der Waals surface area contributed by atoms with Crippen molar-refractivity contribution in [3.8, 4) is 17.2 Å². The number of methoxy groups -OCH3 is 3. The number of carbonyl (C=O) groups is 1. The van der Waals surface area contributed by atoms with Gasteiger partial charge in [0.15, 0.2) is 11.5 Å². The minimum Gasteiger partial charge on any atom is -0.497 e. The zero-order valence-corrected chi connectivity index (χ0v) is 13.7. The lowest BCUT2D eigenvalue weighted by atomic mass is 10.1. The molecule has 0 radical (unpaired) electrons. The first-order valence-corrected chi connectivity index (χ1v) is 7.68. The van der Waals surface area contributed by atoms with Crippen LogP contribution in [0, 0.1) is 0 Å². The van der Waals surface area contributed by atoms with Crippen molar-refractivity contribution in [3.63, 3.8) is 0 Å². The number of rotatable bonds is 7. The van der Waals surface area contributed by atoms with E-state index in [9.17, 15) is 4.79 Å². The quantitative estimate of drug-likeness (QED) is 0.852. The van der Waals surface area contributed by atoms with Crippen LogP contribution >= 0.6 is 11.3 Å². The second kappa shape index (κ2) is 7.70. The molecule has 2 rings (SSSR count). The first-order chi connectivity index (χ1) is 10.7. The van der Waals surface area contributed by atoms with Crippen molar-refractivity contribution < 1.29 is 19.0 Å². The first kappa shape index (κ1) is 16.2. The van der Waals surface area contributed by atoms with Gasteiger partial charge in [-0.15, -0.1) is 11.3 Å². The van der Waals surface area contributed by atoms with Gasteiger partial charge in [-0.1, -0.05) is 6.07 Å². The molecule has 118 valence electrons. The molecule has 0 saturated carbocycles. The lowest BCUT2D eigenvalue weighted by Gasteiger charge is -2.15. The van der Waals surface area contributed by atoms with Crippen LogP contribution in [0.1, 0.15) is 15.2 Å². The zero-order chi connectivity index (χ0) is 15.9. The average molecular weight is 321 g/mol. The molecule has 0 aliphatic rings. The molecular weight excluding hydrogens is 302 g/mol. The largest absolute Gasteiger partial charge is 0.497 e. The Kier molecular flexibility index (Phi) is 5.66. The van der Waals surface area contributed by atoms with Crippen LogP contribution in [0.5, 0.6) is 17.2 Å². The molecule has 0 atom stereocenters. The Morgan fingerprint density at radius 3 is 2.59 bits per heavy atom. The number of carbonyl (C=O) groups excluding carboxylic acids is 1. The van der Waals surface area contributed by atoms with E-state index in [0.29, 0.717) is 35.1 Å². The van der Waals surface area contributed by atoms with Crippen LogP contribution in [0.4, 0.5) is 0 Å². The summed E-state index contributed by atoms with van der Waals surface area (Å²) in [5.74, 6) is 1.90. The molecule has 1 aromatic carbocycles.